The van der Waals surface area contributed by atoms with Gasteiger partial charge in [-0.2, -0.15) is 17.4 Å². The lowest BCUT2D eigenvalue weighted by Gasteiger charge is -2.36. The van der Waals surface area contributed by atoms with Gasteiger partial charge in [-0.25, -0.2) is 9.18 Å². The summed E-state index contributed by atoms with van der Waals surface area (Å²) in [4.78, 5) is 26.2. The highest BCUT2D eigenvalue weighted by Gasteiger charge is 2.34. The number of aryl methyl sites for hydroxylation is 1. The number of carbonyl (C=O) groups excluding carboxylic acids is 1. The molecular formula is C19H22FN5O4S. The number of carbonyl (C=O) groups is 2. The number of halogens is 1. The van der Waals surface area contributed by atoms with Gasteiger partial charge in [0.15, 0.2) is 5.82 Å². The first-order valence-electron chi connectivity index (χ1n) is 9.33. The van der Waals surface area contributed by atoms with Gasteiger partial charge in [-0.05, 0) is 29.3 Å². The van der Waals surface area contributed by atoms with Crippen LogP contribution in [0, 0.1) is 5.82 Å². The van der Waals surface area contributed by atoms with Gasteiger partial charge in [0.2, 0.25) is 0 Å². The Labute approximate surface area is 177 Å². The average Bonchev–Trinajstić information content (AvgIpc) is 3.17. The van der Waals surface area contributed by atoms with Crippen molar-refractivity contribution in [2.24, 2.45) is 0 Å². The number of methoxy groups -OCH3 is 1. The zero-order valence-corrected chi connectivity index (χ0v) is 17.2. The molecule has 1 saturated heterocycles. The third-order valence-electron chi connectivity index (χ3n) is 4.80. The van der Waals surface area contributed by atoms with Crippen LogP contribution in [0.2, 0.25) is 0 Å². The molecule has 2 heterocycles. The summed E-state index contributed by atoms with van der Waals surface area (Å²) in [6.45, 7) is 0.976. The minimum absolute atomic E-state index is 0.0915. The first-order chi connectivity index (χ1) is 14.4. The molecule has 11 heteroatoms. The molecule has 0 saturated carbocycles. The fraction of sp³-hybridized carbons (Fsp3) is 0.421. The van der Waals surface area contributed by atoms with Crippen molar-refractivity contribution >= 4 is 30.6 Å². The molecule has 1 aliphatic rings. The van der Waals surface area contributed by atoms with E-state index >= 15 is 0 Å². The van der Waals surface area contributed by atoms with Crippen molar-refractivity contribution in [1.82, 2.24) is 25.1 Å². The van der Waals surface area contributed by atoms with Crippen LogP contribution in [-0.2, 0) is 20.9 Å². The van der Waals surface area contributed by atoms with Crippen LogP contribution < -0.4 is 0 Å². The molecule has 0 aliphatic carbocycles. The lowest BCUT2D eigenvalue weighted by molar-refractivity contribution is -0.147. The number of rotatable bonds is 7. The predicted molar refractivity (Wildman–Crippen MR) is 108 cm³/mol. The molecule has 1 aromatic carbocycles. The minimum Gasteiger partial charge on any atom is -0.481 e. The molecule has 30 heavy (non-hydrogen) atoms. The number of ether oxygens (including phenoxy) is 1. The van der Waals surface area contributed by atoms with Crippen LogP contribution in [0.1, 0.15) is 30.3 Å². The van der Waals surface area contributed by atoms with Crippen LogP contribution in [0.5, 0.6) is 0 Å². The Kier molecular flexibility index (Phi) is 7.16. The number of aromatic nitrogens is 4. The van der Waals surface area contributed by atoms with E-state index in [1.165, 1.54) is 18.0 Å². The lowest BCUT2D eigenvalue weighted by Crippen LogP contribution is -2.42. The topological polar surface area (TPSA) is 110 Å². The molecular weight excluding hydrogens is 413 g/mol. The highest BCUT2D eigenvalue weighted by atomic mass is 32.1. The van der Waals surface area contributed by atoms with E-state index < -0.39 is 23.8 Å². The van der Waals surface area contributed by atoms with Gasteiger partial charge in [-0.3, -0.25) is 9.69 Å². The Hall–Kier alpha value is -2.79. The molecule has 1 aromatic heterocycles. The number of hydrogen-bond acceptors (Lipinski definition) is 8. The van der Waals surface area contributed by atoms with Crippen LogP contribution in [0.15, 0.2) is 29.8 Å². The van der Waals surface area contributed by atoms with E-state index in [1.807, 2.05) is 4.90 Å². The van der Waals surface area contributed by atoms with Crippen LogP contribution in [0.25, 0.3) is 6.08 Å². The number of esters is 1. The van der Waals surface area contributed by atoms with Crippen molar-refractivity contribution in [3.8, 4) is 0 Å². The maximum Gasteiger partial charge on any atom is 0.327 e. The van der Waals surface area contributed by atoms with Crippen LogP contribution in [0.3, 0.4) is 0 Å². The third kappa shape index (κ3) is 5.22. The second-order valence-corrected chi connectivity index (χ2v) is 7.45. The van der Waals surface area contributed by atoms with Gasteiger partial charge in [0.1, 0.15) is 11.9 Å². The van der Waals surface area contributed by atoms with E-state index in [9.17, 15) is 14.0 Å². The second kappa shape index (κ2) is 9.81. The first kappa shape index (κ1) is 21.9. The van der Waals surface area contributed by atoms with Gasteiger partial charge >= 0.3 is 11.9 Å². The molecule has 1 aliphatic heterocycles. The zero-order valence-electron chi connectivity index (χ0n) is 16.3. The summed E-state index contributed by atoms with van der Waals surface area (Å²) in [7, 11) is 1.28. The number of carboxylic acids is 1. The van der Waals surface area contributed by atoms with Gasteiger partial charge in [0.05, 0.1) is 20.1 Å². The Balaban J connectivity index is 1.83. The Morgan fingerprint density at radius 3 is 2.90 bits per heavy atom. The predicted octanol–water partition coefficient (Wildman–Crippen LogP) is 1.59. The summed E-state index contributed by atoms with van der Waals surface area (Å²) in [5.74, 6) is -1.66. The summed E-state index contributed by atoms with van der Waals surface area (Å²) in [5, 5.41) is 20.6. The molecule has 9 nitrogen and oxygen atoms in total. The molecule has 2 atom stereocenters. The van der Waals surface area contributed by atoms with Gasteiger partial charge in [0, 0.05) is 23.9 Å². The molecule has 3 rings (SSSR count). The van der Waals surface area contributed by atoms with E-state index in [0.717, 1.165) is 5.57 Å². The lowest BCUT2D eigenvalue weighted by atomic mass is 9.98. The Bertz CT molecular complexity index is 951. The SMILES string of the molecule is COC(=O)C(c1ccccc1F)N1CCC(S)/C(=C/c2nnn(CCC(=O)O)n2)C1. The van der Waals surface area contributed by atoms with Crippen molar-refractivity contribution in [2.75, 3.05) is 20.2 Å². The average molecular weight is 435 g/mol. The summed E-state index contributed by atoms with van der Waals surface area (Å²) >= 11 is 4.61. The minimum atomic E-state index is -0.951. The Morgan fingerprint density at radius 1 is 1.43 bits per heavy atom. The van der Waals surface area contributed by atoms with Crippen LogP contribution >= 0.6 is 12.6 Å². The molecule has 0 radical (unpaired) electrons. The highest BCUT2D eigenvalue weighted by molar-refractivity contribution is 7.81. The smallest absolute Gasteiger partial charge is 0.327 e. The van der Waals surface area contributed by atoms with Crippen molar-refractivity contribution in [2.45, 2.75) is 30.7 Å². The molecule has 2 unspecified atom stereocenters. The maximum atomic E-state index is 14.4. The Morgan fingerprint density at radius 2 is 2.20 bits per heavy atom. The van der Waals surface area contributed by atoms with E-state index in [0.29, 0.717) is 25.3 Å². The molecule has 1 N–H and O–H groups in total. The highest BCUT2D eigenvalue weighted by Crippen LogP contribution is 2.31. The van der Waals surface area contributed by atoms with Gasteiger partial charge in [-0.15, -0.1) is 10.2 Å². The fourth-order valence-corrected chi connectivity index (χ4v) is 3.58. The molecule has 0 amide bonds. The standard InChI is InChI=1S/C19H22FN5O4S/c1-29-19(28)18(13-4-2-3-5-14(13)20)24-8-6-15(30)12(11-24)10-16-21-23-25(22-16)9-7-17(26)27/h2-5,10,15,18,30H,6-9,11H2,1H3,(H,26,27)/b12-10+. The summed E-state index contributed by atoms with van der Waals surface area (Å²) < 4.78 is 19.3. The van der Waals surface area contributed by atoms with Crippen LogP contribution in [0.4, 0.5) is 4.39 Å². The second-order valence-electron chi connectivity index (χ2n) is 6.83. The largest absolute Gasteiger partial charge is 0.481 e. The maximum absolute atomic E-state index is 14.4. The number of nitrogens with zero attached hydrogens (tertiary/aromatic N) is 5. The molecule has 0 spiro atoms. The van der Waals surface area contributed by atoms with Crippen molar-refractivity contribution in [3.05, 3.63) is 47.0 Å². The van der Waals surface area contributed by atoms with E-state index in [1.54, 1.807) is 24.3 Å². The first-order valence-corrected chi connectivity index (χ1v) is 9.85. The van der Waals surface area contributed by atoms with Crippen molar-refractivity contribution in [3.63, 3.8) is 0 Å². The zero-order chi connectivity index (χ0) is 21.7. The van der Waals surface area contributed by atoms with Crippen molar-refractivity contribution in [1.29, 1.82) is 0 Å². The van der Waals surface area contributed by atoms with Gasteiger partial charge < -0.3 is 9.84 Å². The quantitative estimate of drug-likeness (QED) is 0.498. The third-order valence-corrected chi connectivity index (χ3v) is 5.39. The van der Waals surface area contributed by atoms with Gasteiger partial charge in [-0.1, -0.05) is 18.2 Å². The molecule has 1 fully saturated rings. The number of benzene rings is 1. The van der Waals surface area contributed by atoms with E-state index in [4.69, 9.17) is 9.84 Å². The molecule has 0 bridgehead atoms. The number of tetrazole rings is 1. The summed E-state index contributed by atoms with van der Waals surface area (Å²) in [6.07, 6.45) is 2.23. The van der Waals surface area contributed by atoms with Crippen LogP contribution in [-0.4, -0.2) is 67.6 Å². The fourth-order valence-electron chi connectivity index (χ4n) is 3.31. The number of thiol groups is 1. The van der Waals surface area contributed by atoms with E-state index in [-0.39, 0.29) is 23.8 Å². The molecule has 2 aromatic rings. The summed E-state index contributed by atoms with van der Waals surface area (Å²) in [5.41, 5.74) is 1.09. The number of aliphatic carboxylic acids is 1. The normalized spacial score (nSPS) is 19.6. The number of carboxylic acid groups (broad SMARTS) is 1. The number of piperidine rings is 1. The number of likely N-dealkylation sites (tertiary alicyclic amines) is 1. The molecule has 160 valence electrons. The number of hydrogen-bond donors (Lipinski definition) is 2. The monoisotopic (exact) mass is 435 g/mol. The van der Waals surface area contributed by atoms with E-state index in [2.05, 4.69) is 28.0 Å². The summed E-state index contributed by atoms with van der Waals surface area (Å²) in [6, 6.07) is 5.24. The van der Waals surface area contributed by atoms with Gasteiger partial charge in [0.25, 0.3) is 0 Å². The van der Waals surface area contributed by atoms with Crippen molar-refractivity contribution < 1.29 is 23.8 Å².